The van der Waals surface area contributed by atoms with E-state index in [0.717, 1.165) is 0 Å². The first-order valence-electron chi connectivity index (χ1n) is 3.58. The maximum atomic E-state index is 13.2. The summed E-state index contributed by atoms with van der Waals surface area (Å²) in [6.45, 7) is 0.0162. The zero-order valence-electron chi connectivity index (χ0n) is 6.97. The molecule has 0 fully saturated rings. The van der Waals surface area contributed by atoms with Crippen LogP contribution >= 0.6 is 15.9 Å². The van der Waals surface area contributed by atoms with Crippen molar-refractivity contribution in [2.75, 3.05) is 7.11 Å². The van der Waals surface area contributed by atoms with Gasteiger partial charge in [-0.25, -0.2) is 9.87 Å². The molecule has 0 saturated heterocycles. The van der Waals surface area contributed by atoms with Gasteiger partial charge in [0.05, 0.1) is 13.7 Å². The Labute approximate surface area is 83.6 Å². The molecule has 0 aliphatic rings. The molecule has 72 valence electrons. The van der Waals surface area contributed by atoms with Crippen LogP contribution < -0.4 is 10.2 Å². The first kappa shape index (κ1) is 10.4. The van der Waals surface area contributed by atoms with Gasteiger partial charge in [0.15, 0.2) is 0 Å². The van der Waals surface area contributed by atoms with Crippen molar-refractivity contribution < 1.29 is 14.3 Å². The van der Waals surface area contributed by atoms with E-state index in [1.807, 2.05) is 5.48 Å². The molecule has 0 unspecified atom stereocenters. The van der Waals surface area contributed by atoms with E-state index < -0.39 is 5.82 Å². The van der Waals surface area contributed by atoms with E-state index in [-0.39, 0.29) is 6.54 Å². The lowest BCUT2D eigenvalue weighted by atomic mass is 10.2. The van der Waals surface area contributed by atoms with Crippen molar-refractivity contribution in [2.24, 2.45) is 0 Å². The Morgan fingerprint density at radius 1 is 1.62 bits per heavy atom. The molecule has 2 N–H and O–H groups in total. The van der Waals surface area contributed by atoms with Gasteiger partial charge in [-0.15, -0.1) is 0 Å². The molecule has 0 atom stereocenters. The van der Waals surface area contributed by atoms with Gasteiger partial charge in [0.2, 0.25) is 0 Å². The molecule has 0 bridgehead atoms. The average molecular weight is 250 g/mol. The standard InChI is InChI=1S/C8H9BrFNO2/c1-13-8-3-5(9)2-7(10)6(8)4-11-12/h2-3,11-12H,4H2,1H3. The summed E-state index contributed by atoms with van der Waals surface area (Å²) in [5.74, 6) is -0.0267. The Balaban J connectivity index is 3.13. The Kier molecular flexibility index (Phi) is 3.65. The summed E-state index contributed by atoms with van der Waals surface area (Å²) in [5, 5.41) is 8.45. The van der Waals surface area contributed by atoms with Crippen LogP contribution in [0.15, 0.2) is 16.6 Å². The smallest absolute Gasteiger partial charge is 0.132 e. The molecule has 0 saturated carbocycles. The third-order valence-corrected chi connectivity index (χ3v) is 2.05. The lowest BCUT2D eigenvalue weighted by molar-refractivity contribution is 0.158. The number of benzene rings is 1. The predicted octanol–water partition coefficient (Wildman–Crippen LogP) is 2.08. The molecule has 13 heavy (non-hydrogen) atoms. The Morgan fingerprint density at radius 2 is 2.31 bits per heavy atom. The summed E-state index contributed by atoms with van der Waals surface area (Å²) >= 11 is 3.14. The van der Waals surface area contributed by atoms with Gasteiger partial charge in [0.25, 0.3) is 0 Å². The van der Waals surface area contributed by atoms with Crippen molar-refractivity contribution in [1.82, 2.24) is 5.48 Å². The normalized spacial score (nSPS) is 10.2. The minimum absolute atomic E-state index is 0.0162. The third kappa shape index (κ3) is 2.40. The largest absolute Gasteiger partial charge is 0.496 e. The summed E-state index contributed by atoms with van der Waals surface area (Å²) in [6, 6.07) is 2.95. The first-order valence-corrected chi connectivity index (χ1v) is 4.37. The molecule has 0 spiro atoms. The highest BCUT2D eigenvalue weighted by Crippen LogP contribution is 2.26. The minimum Gasteiger partial charge on any atom is -0.496 e. The van der Waals surface area contributed by atoms with Crippen molar-refractivity contribution in [3.63, 3.8) is 0 Å². The van der Waals surface area contributed by atoms with Crippen LogP contribution in [-0.4, -0.2) is 12.3 Å². The van der Waals surface area contributed by atoms with Crippen molar-refractivity contribution >= 4 is 15.9 Å². The number of ether oxygens (including phenoxy) is 1. The highest BCUT2D eigenvalue weighted by molar-refractivity contribution is 9.10. The highest BCUT2D eigenvalue weighted by Gasteiger charge is 2.09. The van der Waals surface area contributed by atoms with E-state index in [0.29, 0.717) is 15.8 Å². The zero-order chi connectivity index (χ0) is 9.84. The van der Waals surface area contributed by atoms with Gasteiger partial charge < -0.3 is 9.94 Å². The fourth-order valence-electron chi connectivity index (χ4n) is 1.01. The van der Waals surface area contributed by atoms with E-state index in [4.69, 9.17) is 9.94 Å². The summed E-state index contributed by atoms with van der Waals surface area (Å²) < 4.78 is 18.8. The average Bonchev–Trinajstić information content (AvgIpc) is 2.09. The fourth-order valence-corrected chi connectivity index (χ4v) is 1.42. The van der Waals surface area contributed by atoms with E-state index in [9.17, 15) is 4.39 Å². The second kappa shape index (κ2) is 4.55. The summed E-state index contributed by atoms with van der Waals surface area (Å²) in [4.78, 5) is 0. The minimum atomic E-state index is -0.423. The van der Waals surface area contributed by atoms with Crippen LogP contribution in [0.2, 0.25) is 0 Å². The van der Waals surface area contributed by atoms with Gasteiger partial charge in [0.1, 0.15) is 11.6 Å². The van der Waals surface area contributed by atoms with Gasteiger partial charge in [-0.1, -0.05) is 15.9 Å². The molecule has 1 aromatic rings. The van der Waals surface area contributed by atoms with Crippen LogP contribution in [0.3, 0.4) is 0 Å². The maximum absolute atomic E-state index is 13.2. The molecule has 0 heterocycles. The molecule has 1 rings (SSSR count). The van der Waals surface area contributed by atoms with Crippen LogP contribution in [0.1, 0.15) is 5.56 Å². The van der Waals surface area contributed by atoms with Gasteiger partial charge >= 0.3 is 0 Å². The van der Waals surface area contributed by atoms with Gasteiger partial charge in [0, 0.05) is 10.0 Å². The summed E-state index contributed by atoms with van der Waals surface area (Å²) in [6.07, 6.45) is 0. The number of nitrogens with one attached hydrogen (secondary N) is 1. The SMILES string of the molecule is COc1cc(Br)cc(F)c1CNO. The first-order chi connectivity index (χ1) is 6.19. The topological polar surface area (TPSA) is 41.5 Å². The Morgan fingerprint density at radius 3 is 2.85 bits per heavy atom. The van der Waals surface area contributed by atoms with Crippen LogP contribution in [0, 0.1) is 5.82 Å². The highest BCUT2D eigenvalue weighted by atomic mass is 79.9. The summed E-state index contributed by atoms with van der Waals surface area (Å²) in [5.41, 5.74) is 2.18. The Hall–Kier alpha value is -0.650. The summed E-state index contributed by atoms with van der Waals surface area (Å²) in [7, 11) is 1.45. The van der Waals surface area contributed by atoms with E-state index in [1.54, 1.807) is 6.07 Å². The van der Waals surface area contributed by atoms with Gasteiger partial charge in [-0.05, 0) is 12.1 Å². The molecular formula is C8H9BrFNO2. The predicted molar refractivity (Wildman–Crippen MR) is 49.3 cm³/mol. The molecule has 0 aliphatic heterocycles. The quantitative estimate of drug-likeness (QED) is 0.807. The lowest BCUT2D eigenvalue weighted by Crippen LogP contribution is -2.09. The number of hydrogen-bond acceptors (Lipinski definition) is 3. The maximum Gasteiger partial charge on any atom is 0.132 e. The monoisotopic (exact) mass is 249 g/mol. The number of methoxy groups -OCH3 is 1. The third-order valence-electron chi connectivity index (χ3n) is 1.60. The van der Waals surface area contributed by atoms with Crippen LogP contribution in [0.25, 0.3) is 0 Å². The van der Waals surface area contributed by atoms with Crippen LogP contribution in [0.4, 0.5) is 4.39 Å². The van der Waals surface area contributed by atoms with Crippen molar-refractivity contribution in [2.45, 2.75) is 6.54 Å². The van der Waals surface area contributed by atoms with Crippen LogP contribution in [-0.2, 0) is 6.54 Å². The molecule has 0 radical (unpaired) electrons. The van der Waals surface area contributed by atoms with E-state index in [1.165, 1.54) is 13.2 Å². The van der Waals surface area contributed by atoms with E-state index in [2.05, 4.69) is 15.9 Å². The van der Waals surface area contributed by atoms with Crippen molar-refractivity contribution in [3.8, 4) is 5.75 Å². The number of hydrogen-bond donors (Lipinski definition) is 2. The molecule has 1 aromatic carbocycles. The Bertz CT molecular complexity index is 306. The molecule has 0 aromatic heterocycles. The second-order valence-corrected chi connectivity index (χ2v) is 3.32. The van der Waals surface area contributed by atoms with Gasteiger partial charge in [-0.3, -0.25) is 0 Å². The molecule has 5 heteroatoms. The second-order valence-electron chi connectivity index (χ2n) is 2.40. The molecule has 0 amide bonds. The van der Waals surface area contributed by atoms with Crippen molar-refractivity contribution in [1.29, 1.82) is 0 Å². The number of halogens is 2. The number of hydroxylamine groups is 1. The molecule has 3 nitrogen and oxygen atoms in total. The molecule has 0 aliphatic carbocycles. The number of rotatable bonds is 3. The lowest BCUT2D eigenvalue weighted by Gasteiger charge is -2.08. The van der Waals surface area contributed by atoms with Gasteiger partial charge in [-0.2, -0.15) is 0 Å². The fraction of sp³-hybridized carbons (Fsp3) is 0.250. The zero-order valence-corrected chi connectivity index (χ0v) is 8.56. The van der Waals surface area contributed by atoms with Crippen LogP contribution in [0.5, 0.6) is 5.75 Å². The van der Waals surface area contributed by atoms with E-state index >= 15 is 0 Å². The molecular weight excluding hydrogens is 241 g/mol. The van der Waals surface area contributed by atoms with Crippen molar-refractivity contribution in [3.05, 3.63) is 28.0 Å².